The third-order valence-electron chi connectivity index (χ3n) is 3.23. The zero-order chi connectivity index (χ0) is 13.0. The predicted molar refractivity (Wildman–Crippen MR) is 71.3 cm³/mol. The number of thioether (sulfide) groups is 1. The summed E-state index contributed by atoms with van der Waals surface area (Å²) in [5, 5.41) is 12.8. The summed E-state index contributed by atoms with van der Waals surface area (Å²) in [6.45, 7) is 2.61. The summed E-state index contributed by atoms with van der Waals surface area (Å²) >= 11 is 1.44. The lowest BCUT2D eigenvalue weighted by Crippen LogP contribution is -2.36. The second-order valence-corrected chi connectivity index (χ2v) is 6.17. The van der Waals surface area contributed by atoms with E-state index in [1.165, 1.54) is 11.8 Å². The third-order valence-corrected chi connectivity index (χ3v) is 4.29. The lowest BCUT2D eigenvalue weighted by Gasteiger charge is -2.15. The van der Waals surface area contributed by atoms with Crippen LogP contribution in [0.15, 0.2) is 29.4 Å². The average molecular weight is 266 g/mol. The Kier molecular flexibility index (Phi) is 4.24. The normalized spacial score (nSPS) is 18.1. The number of carbonyl (C=O) groups is 1. The smallest absolute Gasteiger partial charge is 0.233 e. The molecule has 1 amide bonds. The summed E-state index contributed by atoms with van der Waals surface area (Å²) in [6.07, 6.45) is 3.73. The first-order valence-electron chi connectivity index (χ1n) is 6.11. The van der Waals surface area contributed by atoms with Gasteiger partial charge in [0.05, 0.1) is 16.9 Å². The molecule has 1 aromatic rings. The Hall–Kier alpha value is -1.07. The molecule has 1 saturated carbocycles. The van der Waals surface area contributed by atoms with Crippen LogP contribution in [0.4, 0.5) is 0 Å². The van der Waals surface area contributed by atoms with Gasteiger partial charge in [0, 0.05) is 18.2 Å². The molecule has 0 bridgehead atoms. The first-order chi connectivity index (χ1) is 8.65. The molecule has 1 aliphatic carbocycles. The lowest BCUT2D eigenvalue weighted by atomic mass is 10.1. The first-order valence-corrected chi connectivity index (χ1v) is 6.99. The monoisotopic (exact) mass is 266 g/mol. The number of aromatic nitrogens is 1. The van der Waals surface area contributed by atoms with Gasteiger partial charge in [-0.15, -0.1) is 0 Å². The van der Waals surface area contributed by atoms with Crippen molar-refractivity contribution in [1.29, 1.82) is 0 Å². The second-order valence-electron chi connectivity index (χ2n) is 4.80. The Labute approximate surface area is 111 Å². The van der Waals surface area contributed by atoms with Crippen molar-refractivity contribution >= 4 is 17.7 Å². The minimum absolute atomic E-state index is 0.00498. The van der Waals surface area contributed by atoms with Gasteiger partial charge in [-0.25, -0.2) is 4.98 Å². The molecule has 0 radical (unpaired) electrons. The van der Waals surface area contributed by atoms with Crippen molar-refractivity contribution in [3.8, 4) is 0 Å². The molecule has 0 aliphatic heterocycles. The molecular weight excluding hydrogens is 248 g/mol. The van der Waals surface area contributed by atoms with Gasteiger partial charge in [0.2, 0.25) is 5.91 Å². The summed E-state index contributed by atoms with van der Waals surface area (Å²) in [5.74, 6) is 0.00498. The summed E-state index contributed by atoms with van der Waals surface area (Å²) in [7, 11) is 0. The number of pyridine rings is 1. The van der Waals surface area contributed by atoms with Gasteiger partial charge in [0.1, 0.15) is 0 Å². The first kappa shape index (κ1) is 13.4. The van der Waals surface area contributed by atoms with Crippen LogP contribution in [0.3, 0.4) is 0 Å². The zero-order valence-corrected chi connectivity index (χ0v) is 11.2. The molecule has 1 fully saturated rings. The maximum absolute atomic E-state index is 11.9. The van der Waals surface area contributed by atoms with Gasteiger partial charge < -0.3 is 10.4 Å². The molecule has 0 aromatic carbocycles. The largest absolute Gasteiger partial charge is 0.396 e. The molecule has 18 heavy (non-hydrogen) atoms. The molecular formula is C13H18N2O2S. The molecule has 1 aliphatic rings. The molecule has 5 heteroatoms. The number of hydrogen-bond donors (Lipinski definition) is 2. The standard InChI is InChI=1S/C13H18N2O2S/c1-10(18-11-4-2-3-7-14-11)12(17)15-8-13(9-16)5-6-13/h2-4,7,10,16H,5-6,8-9H2,1H3,(H,15,17). The maximum Gasteiger partial charge on any atom is 0.233 e. The fraction of sp³-hybridized carbons (Fsp3) is 0.538. The van der Waals surface area contributed by atoms with E-state index in [4.69, 9.17) is 0 Å². The molecule has 1 atom stereocenters. The van der Waals surface area contributed by atoms with Gasteiger partial charge >= 0.3 is 0 Å². The number of carbonyl (C=O) groups excluding carboxylic acids is 1. The van der Waals surface area contributed by atoms with Crippen LogP contribution in [0.1, 0.15) is 19.8 Å². The Morgan fingerprint density at radius 2 is 2.39 bits per heavy atom. The molecule has 0 saturated heterocycles. The summed E-state index contributed by atoms with van der Waals surface area (Å²) < 4.78 is 0. The second kappa shape index (κ2) is 5.71. The van der Waals surface area contributed by atoms with E-state index in [0.717, 1.165) is 17.9 Å². The van der Waals surface area contributed by atoms with Crippen molar-refractivity contribution in [1.82, 2.24) is 10.3 Å². The van der Waals surface area contributed by atoms with E-state index in [2.05, 4.69) is 10.3 Å². The third kappa shape index (κ3) is 3.46. The number of aliphatic hydroxyl groups is 1. The van der Waals surface area contributed by atoms with E-state index in [1.807, 2.05) is 25.1 Å². The van der Waals surface area contributed by atoms with E-state index < -0.39 is 0 Å². The summed E-state index contributed by atoms with van der Waals surface area (Å²) in [6, 6.07) is 5.66. The summed E-state index contributed by atoms with van der Waals surface area (Å²) in [4.78, 5) is 16.1. The van der Waals surface area contributed by atoms with E-state index in [1.54, 1.807) is 6.20 Å². The zero-order valence-electron chi connectivity index (χ0n) is 10.4. The fourth-order valence-electron chi connectivity index (χ4n) is 1.64. The van der Waals surface area contributed by atoms with Crippen molar-refractivity contribution in [3.05, 3.63) is 24.4 Å². The van der Waals surface area contributed by atoms with Crippen LogP contribution in [-0.2, 0) is 4.79 Å². The fourth-order valence-corrected chi connectivity index (χ4v) is 2.47. The van der Waals surface area contributed by atoms with E-state index >= 15 is 0 Å². The van der Waals surface area contributed by atoms with E-state index in [9.17, 15) is 9.90 Å². The number of amides is 1. The Bertz CT molecular complexity index is 407. The van der Waals surface area contributed by atoms with Crippen LogP contribution in [-0.4, -0.2) is 34.4 Å². The van der Waals surface area contributed by atoms with Crippen LogP contribution < -0.4 is 5.32 Å². The molecule has 98 valence electrons. The topological polar surface area (TPSA) is 62.2 Å². The molecule has 2 N–H and O–H groups in total. The molecule has 2 rings (SSSR count). The van der Waals surface area contributed by atoms with Crippen LogP contribution in [0.5, 0.6) is 0 Å². The highest BCUT2D eigenvalue weighted by atomic mass is 32.2. The van der Waals surface area contributed by atoms with Crippen LogP contribution >= 0.6 is 11.8 Å². The van der Waals surface area contributed by atoms with Gasteiger partial charge in [0.15, 0.2) is 0 Å². The number of nitrogens with one attached hydrogen (secondary N) is 1. The maximum atomic E-state index is 11.9. The van der Waals surface area contributed by atoms with Crippen molar-refractivity contribution < 1.29 is 9.90 Å². The average Bonchev–Trinajstić information content (AvgIpc) is 3.18. The Morgan fingerprint density at radius 1 is 1.61 bits per heavy atom. The Balaban J connectivity index is 1.78. The highest BCUT2D eigenvalue weighted by molar-refractivity contribution is 8.00. The number of aliphatic hydroxyl groups excluding tert-OH is 1. The Morgan fingerprint density at radius 3 is 2.94 bits per heavy atom. The minimum Gasteiger partial charge on any atom is -0.396 e. The molecule has 1 heterocycles. The number of hydrogen-bond acceptors (Lipinski definition) is 4. The van der Waals surface area contributed by atoms with Crippen molar-refractivity contribution in [2.24, 2.45) is 5.41 Å². The van der Waals surface area contributed by atoms with Gasteiger partial charge in [-0.3, -0.25) is 4.79 Å². The van der Waals surface area contributed by atoms with Crippen molar-refractivity contribution in [2.75, 3.05) is 13.2 Å². The van der Waals surface area contributed by atoms with E-state index in [-0.39, 0.29) is 23.2 Å². The molecule has 1 aromatic heterocycles. The van der Waals surface area contributed by atoms with Crippen molar-refractivity contribution in [2.45, 2.75) is 30.0 Å². The van der Waals surface area contributed by atoms with Gasteiger partial charge in [-0.2, -0.15) is 0 Å². The minimum atomic E-state index is -0.172. The van der Waals surface area contributed by atoms with Gasteiger partial charge in [0.25, 0.3) is 0 Å². The lowest BCUT2D eigenvalue weighted by molar-refractivity contribution is -0.120. The van der Waals surface area contributed by atoms with Crippen LogP contribution in [0.25, 0.3) is 0 Å². The molecule has 0 spiro atoms. The van der Waals surface area contributed by atoms with Crippen LogP contribution in [0.2, 0.25) is 0 Å². The number of rotatable bonds is 6. The van der Waals surface area contributed by atoms with Crippen molar-refractivity contribution in [3.63, 3.8) is 0 Å². The predicted octanol–water partition coefficient (Wildman–Crippen LogP) is 1.45. The number of nitrogens with zero attached hydrogens (tertiary/aromatic N) is 1. The van der Waals surface area contributed by atoms with Gasteiger partial charge in [-0.05, 0) is 31.9 Å². The summed E-state index contributed by atoms with van der Waals surface area (Å²) in [5.41, 5.74) is -0.0367. The quantitative estimate of drug-likeness (QED) is 0.765. The van der Waals surface area contributed by atoms with Gasteiger partial charge in [-0.1, -0.05) is 17.8 Å². The molecule has 4 nitrogen and oxygen atoms in total. The highest BCUT2D eigenvalue weighted by Gasteiger charge is 2.42. The highest BCUT2D eigenvalue weighted by Crippen LogP contribution is 2.44. The molecule has 1 unspecified atom stereocenters. The van der Waals surface area contributed by atoms with Crippen LogP contribution in [0, 0.1) is 5.41 Å². The van der Waals surface area contributed by atoms with E-state index in [0.29, 0.717) is 6.54 Å². The SMILES string of the molecule is CC(Sc1ccccn1)C(=O)NCC1(CO)CC1.